The molecule has 1 atom stereocenters. The van der Waals surface area contributed by atoms with Crippen LogP contribution in [0.25, 0.3) is 11.0 Å². The van der Waals surface area contributed by atoms with Gasteiger partial charge >= 0.3 is 6.18 Å². The summed E-state index contributed by atoms with van der Waals surface area (Å²) in [6.07, 6.45) is -1.65. The molecular weight excluding hydrogens is 335 g/mol. The normalized spacial score (nSPS) is 31.6. The Morgan fingerprint density at radius 2 is 2.04 bits per heavy atom. The summed E-state index contributed by atoms with van der Waals surface area (Å²) >= 11 is 0. The van der Waals surface area contributed by atoms with Gasteiger partial charge in [0.25, 0.3) is 0 Å². The van der Waals surface area contributed by atoms with E-state index in [1.807, 2.05) is 0 Å². The molecule has 2 aromatic rings. The van der Waals surface area contributed by atoms with Crippen molar-refractivity contribution in [3.05, 3.63) is 35.6 Å². The van der Waals surface area contributed by atoms with Gasteiger partial charge in [-0.25, -0.2) is 15.3 Å². The first-order valence-electron chi connectivity index (χ1n) is 8.30. The third kappa shape index (κ3) is 2.27. The lowest BCUT2D eigenvalue weighted by Crippen LogP contribution is -2.58. The van der Waals surface area contributed by atoms with E-state index in [1.165, 1.54) is 12.1 Å². The van der Waals surface area contributed by atoms with E-state index >= 15 is 0 Å². The van der Waals surface area contributed by atoms with Crippen LogP contribution in [0.2, 0.25) is 0 Å². The molecule has 0 aliphatic carbocycles. The highest BCUT2D eigenvalue weighted by atomic mass is 19.4. The molecular formula is C17H16F3N3O2. The highest BCUT2D eigenvalue weighted by Crippen LogP contribution is 2.41. The minimum absolute atomic E-state index is 0.0318. The van der Waals surface area contributed by atoms with E-state index in [2.05, 4.69) is 10.4 Å². The van der Waals surface area contributed by atoms with Crippen LogP contribution in [-0.2, 0) is 11.0 Å². The van der Waals surface area contributed by atoms with Crippen LogP contribution in [0.1, 0.15) is 24.0 Å². The maximum absolute atomic E-state index is 13.1. The van der Waals surface area contributed by atoms with Gasteiger partial charge in [0.15, 0.2) is 5.84 Å². The molecule has 0 radical (unpaired) electrons. The van der Waals surface area contributed by atoms with Gasteiger partial charge in [-0.1, -0.05) is 0 Å². The highest BCUT2D eigenvalue weighted by molar-refractivity contribution is 6.02. The monoisotopic (exact) mass is 351 g/mol. The molecule has 0 amide bonds. The fourth-order valence-corrected chi connectivity index (χ4v) is 4.12. The van der Waals surface area contributed by atoms with E-state index in [0.717, 1.165) is 38.7 Å². The number of nitrogens with zero attached hydrogens (tertiary/aromatic N) is 2. The van der Waals surface area contributed by atoms with Crippen LogP contribution in [0.4, 0.5) is 13.2 Å². The van der Waals surface area contributed by atoms with E-state index in [-0.39, 0.29) is 11.0 Å². The standard InChI is InChI=1S/C17H16F3N3O2/c18-17(19,20)13-8-24-14-2-1-10(7-12(13)14)15-21-16(25-22-15)9-23-5-3-11(16)4-6-23/h1-2,7-8,11H,3-6,9H2,(H,21,22). The molecule has 5 nitrogen and oxygen atoms in total. The number of hydrogen-bond donors (Lipinski definition) is 1. The maximum Gasteiger partial charge on any atom is 0.420 e. The fourth-order valence-electron chi connectivity index (χ4n) is 4.12. The second-order valence-corrected chi connectivity index (χ2v) is 6.92. The fraction of sp³-hybridized carbons (Fsp3) is 0.471. The minimum atomic E-state index is -4.46. The lowest BCUT2D eigenvalue weighted by molar-refractivity contribution is -0.155. The Morgan fingerprint density at radius 1 is 1.24 bits per heavy atom. The van der Waals surface area contributed by atoms with Crippen LogP contribution in [0.5, 0.6) is 0 Å². The van der Waals surface area contributed by atoms with Crippen molar-refractivity contribution in [1.29, 1.82) is 0 Å². The predicted molar refractivity (Wildman–Crippen MR) is 83.9 cm³/mol. The number of furan rings is 1. The average molecular weight is 351 g/mol. The van der Waals surface area contributed by atoms with Gasteiger partial charge < -0.3 is 4.42 Å². The van der Waals surface area contributed by atoms with E-state index in [9.17, 15) is 13.2 Å². The average Bonchev–Trinajstić information content (AvgIpc) is 3.19. The number of fused-ring (bicyclic) bond motifs is 3. The van der Waals surface area contributed by atoms with Crippen molar-refractivity contribution < 1.29 is 22.4 Å². The van der Waals surface area contributed by atoms with Gasteiger partial charge in [0.2, 0.25) is 5.72 Å². The summed E-state index contributed by atoms with van der Waals surface area (Å²) in [5.41, 5.74) is 2.21. The minimum Gasteiger partial charge on any atom is -0.464 e. The number of hydrogen-bond acceptors (Lipinski definition) is 5. The third-order valence-corrected chi connectivity index (χ3v) is 5.45. The summed E-state index contributed by atoms with van der Waals surface area (Å²) in [6.45, 7) is 2.82. The van der Waals surface area contributed by atoms with Gasteiger partial charge in [-0.05, 0) is 44.1 Å². The zero-order valence-corrected chi connectivity index (χ0v) is 13.3. The first-order chi connectivity index (χ1) is 11.9. The molecule has 4 aliphatic rings. The molecule has 1 spiro atoms. The summed E-state index contributed by atoms with van der Waals surface area (Å²) < 4.78 is 44.4. The van der Waals surface area contributed by atoms with Gasteiger partial charge in [-0.15, -0.1) is 0 Å². The molecule has 4 aliphatic heterocycles. The van der Waals surface area contributed by atoms with Crippen LogP contribution < -0.4 is 5.48 Å². The number of benzene rings is 1. The van der Waals surface area contributed by atoms with E-state index in [1.54, 1.807) is 6.07 Å². The molecule has 25 heavy (non-hydrogen) atoms. The van der Waals surface area contributed by atoms with Crippen molar-refractivity contribution in [2.75, 3.05) is 19.6 Å². The summed E-state index contributed by atoms with van der Waals surface area (Å²) in [7, 11) is 0. The van der Waals surface area contributed by atoms with Crippen LogP contribution in [0.3, 0.4) is 0 Å². The van der Waals surface area contributed by atoms with Gasteiger partial charge in [0.05, 0.1) is 6.54 Å². The smallest absolute Gasteiger partial charge is 0.420 e. The molecule has 0 saturated carbocycles. The Morgan fingerprint density at radius 3 is 2.72 bits per heavy atom. The molecule has 2 bridgehead atoms. The van der Waals surface area contributed by atoms with Crippen LogP contribution >= 0.6 is 0 Å². The molecule has 3 fully saturated rings. The quantitative estimate of drug-likeness (QED) is 0.858. The number of amidine groups is 1. The summed E-state index contributed by atoms with van der Waals surface area (Å²) in [4.78, 5) is 12.9. The van der Waals surface area contributed by atoms with Crippen molar-refractivity contribution in [3.8, 4) is 0 Å². The van der Waals surface area contributed by atoms with Gasteiger partial charge in [0, 0.05) is 16.9 Å². The highest BCUT2D eigenvalue weighted by Gasteiger charge is 2.51. The Labute approximate surface area is 141 Å². The van der Waals surface area contributed by atoms with E-state index in [4.69, 9.17) is 14.2 Å². The first kappa shape index (κ1) is 15.2. The number of rotatable bonds is 1. The molecule has 8 heteroatoms. The summed E-state index contributed by atoms with van der Waals surface area (Å²) in [6, 6.07) is 4.68. The van der Waals surface area contributed by atoms with Gasteiger partial charge in [-0.3, -0.25) is 4.90 Å². The maximum atomic E-state index is 13.1. The van der Waals surface area contributed by atoms with Crippen molar-refractivity contribution in [3.63, 3.8) is 0 Å². The Bertz CT molecular complexity index is 868. The Balaban J connectivity index is 1.54. The summed E-state index contributed by atoms with van der Waals surface area (Å²) in [5.74, 6) is 0.816. The van der Waals surface area contributed by atoms with Crippen molar-refractivity contribution >= 4 is 16.8 Å². The van der Waals surface area contributed by atoms with Crippen LogP contribution in [0.15, 0.2) is 33.9 Å². The Hall–Kier alpha value is -2.06. The molecule has 1 aromatic carbocycles. The lowest BCUT2D eigenvalue weighted by Gasteiger charge is -2.47. The molecule has 1 unspecified atom stereocenters. The second-order valence-electron chi connectivity index (χ2n) is 6.92. The third-order valence-electron chi connectivity index (χ3n) is 5.45. The second kappa shape index (κ2) is 4.98. The number of piperidine rings is 3. The SMILES string of the molecule is FC(F)(F)c1coc2ccc(C3=NC4(CN5CCC4CC5)ON3)cc12. The zero-order valence-electron chi connectivity index (χ0n) is 13.3. The number of aliphatic imine (C=N–C) groups is 1. The predicted octanol–water partition coefficient (Wildman–Crippen LogP) is 3.15. The summed E-state index contributed by atoms with van der Waals surface area (Å²) in [5, 5.41) is 0.0318. The van der Waals surface area contributed by atoms with E-state index in [0.29, 0.717) is 17.3 Å². The van der Waals surface area contributed by atoms with E-state index < -0.39 is 17.5 Å². The van der Waals surface area contributed by atoms with Crippen molar-refractivity contribution in [2.24, 2.45) is 10.9 Å². The number of nitrogens with one attached hydrogen (secondary N) is 1. The number of halogens is 3. The molecule has 1 aromatic heterocycles. The number of alkyl halides is 3. The van der Waals surface area contributed by atoms with Crippen LogP contribution in [0, 0.1) is 5.92 Å². The zero-order chi connectivity index (χ0) is 17.2. The van der Waals surface area contributed by atoms with Gasteiger partial charge in [-0.2, -0.15) is 13.2 Å². The Kier molecular flexibility index (Phi) is 3.03. The molecule has 5 heterocycles. The molecule has 3 saturated heterocycles. The molecule has 6 rings (SSSR count). The topological polar surface area (TPSA) is 50.0 Å². The van der Waals surface area contributed by atoms with Crippen LogP contribution in [-0.4, -0.2) is 36.1 Å². The van der Waals surface area contributed by atoms with Crippen molar-refractivity contribution in [2.45, 2.75) is 24.7 Å². The molecule has 1 N–H and O–H groups in total. The van der Waals surface area contributed by atoms with Crippen molar-refractivity contribution in [1.82, 2.24) is 10.4 Å². The van der Waals surface area contributed by atoms with Gasteiger partial charge in [0.1, 0.15) is 17.4 Å². The lowest BCUT2D eigenvalue weighted by atomic mass is 9.81. The molecule has 132 valence electrons. The largest absolute Gasteiger partial charge is 0.464 e. The number of hydroxylamine groups is 1. The first-order valence-corrected chi connectivity index (χ1v) is 8.30.